The number of halogens is 3. The summed E-state index contributed by atoms with van der Waals surface area (Å²) in [4.78, 5) is 0. The number of nitrogens with zero attached hydrogens (tertiary/aromatic N) is 6. The van der Waals surface area contributed by atoms with Crippen LogP contribution < -0.4 is 0 Å². The van der Waals surface area contributed by atoms with Gasteiger partial charge in [-0.2, -0.15) is 21.9 Å². The van der Waals surface area contributed by atoms with Crippen molar-refractivity contribution in [2.75, 3.05) is 0 Å². The molecule has 10 heteroatoms. The quantitative estimate of drug-likeness (QED) is 0.276. The summed E-state index contributed by atoms with van der Waals surface area (Å²) >= 11 is 10.1. The van der Waals surface area contributed by atoms with E-state index in [4.69, 9.17) is 6.58 Å². The second-order valence-electron chi connectivity index (χ2n) is 4.04. The van der Waals surface area contributed by atoms with E-state index in [0.717, 1.165) is 13.4 Å². The maximum atomic E-state index is 4.78. The van der Waals surface area contributed by atoms with E-state index in [1.165, 1.54) is 12.2 Å². The van der Waals surface area contributed by atoms with E-state index in [1.54, 1.807) is 32.6 Å². The first-order chi connectivity index (χ1) is 11.0. The maximum absolute atomic E-state index is 4.78. The largest absolute Gasteiger partial charge is 2.00 e. The summed E-state index contributed by atoms with van der Waals surface area (Å²) in [5.41, 5.74) is 0. The average Bonchev–Trinajstić information content (AvgIpc) is 3.24. The molecule has 3 rings (SSSR count). The molecule has 0 fully saturated rings. The summed E-state index contributed by atoms with van der Waals surface area (Å²) in [6.45, 7) is 8.08. The Bertz CT molecular complexity index is 692. The Morgan fingerprint density at radius 1 is 0.875 bits per heavy atom. The third kappa shape index (κ3) is 5.49. The first-order valence-corrected chi connectivity index (χ1v) is 8.57. The molecule has 0 aliphatic carbocycles. The van der Waals surface area contributed by atoms with Gasteiger partial charge in [-0.1, -0.05) is 47.8 Å². The van der Waals surface area contributed by atoms with Gasteiger partial charge in [-0.25, -0.2) is 12.2 Å². The molecule has 3 heterocycles. The van der Waals surface area contributed by atoms with Crippen LogP contribution >= 0.6 is 47.8 Å². The first-order valence-electron chi connectivity index (χ1n) is 6.19. The van der Waals surface area contributed by atoms with Gasteiger partial charge in [0.2, 0.25) is 0 Å². The second-order valence-corrected chi connectivity index (χ2v) is 6.78. The van der Waals surface area contributed by atoms with Crippen molar-refractivity contribution in [1.82, 2.24) is 29.3 Å². The minimum absolute atomic E-state index is 0. The van der Waals surface area contributed by atoms with Crippen LogP contribution in [-0.2, 0) is 17.1 Å². The summed E-state index contributed by atoms with van der Waals surface area (Å²) in [5, 5.41) is 12.8. The summed E-state index contributed by atoms with van der Waals surface area (Å²) in [5.74, 6) is 0. The zero-order chi connectivity index (χ0) is 16.8. The molecule has 0 unspecified atom stereocenters. The predicted molar refractivity (Wildman–Crippen MR) is 98.3 cm³/mol. The number of allylic oxidation sites excluding steroid dienone is 2. The van der Waals surface area contributed by atoms with Crippen LogP contribution in [0, 0.1) is 12.9 Å². The van der Waals surface area contributed by atoms with Crippen molar-refractivity contribution in [1.29, 1.82) is 0 Å². The molecule has 0 amide bonds. The molecule has 6 nitrogen and oxygen atoms in total. The second kappa shape index (κ2) is 10.0. The van der Waals surface area contributed by atoms with Crippen LogP contribution in [0.5, 0.6) is 0 Å². The zero-order valence-electron chi connectivity index (χ0n) is 12.1. The molecule has 0 saturated carbocycles. The van der Waals surface area contributed by atoms with Crippen LogP contribution in [0.15, 0.2) is 69.3 Å². The van der Waals surface area contributed by atoms with Gasteiger partial charge in [0.1, 0.15) is 0 Å². The van der Waals surface area contributed by atoms with E-state index in [0.29, 0.717) is 6.29 Å². The van der Waals surface area contributed by atoms with Gasteiger partial charge in [-0.15, -0.1) is 0 Å². The van der Waals surface area contributed by atoms with Crippen molar-refractivity contribution in [3.8, 4) is 0 Å². The van der Waals surface area contributed by atoms with Gasteiger partial charge in [0.25, 0.3) is 0 Å². The third-order valence-corrected chi connectivity index (χ3v) is 3.63. The molecule has 0 saturated heterocycles. The van der Waals surface area contributed by atoms with E-state index in [9.17, 15) is 0 Å². The topological polar surface area (TPSA) is 53.5 Å². The van der Waals surface area contributed by atoms with Crippen molar-refractivity contribution in [3.63, 3.8) is 0 Å². The molecule has 0 aliphatic heterocycles. The van der Waals surface area contributed by atoms with E-state index >= 15 is 0 Å². The fourth-order valence-electron chi connectivity index (χ4n) is 1.55. The molecule has 0 atom stereocenters. The molecule has 3 aromatic heterocycles. The van der Waals surface area contributed by atoms with E-state index in [1.807, 2.05) is 18.6 Å². The van der Waals surface area contributed by atoms with Gasteiger partial charge in [0.15, 0.2) is 6.29 Å². The molecule has 1 radical (unpaired) electrons. The van der Waals surface area contributed by atoms with Crippen LogP contribution in [0.25, 0.3) is 0 Å². The molecule has 24 heavy (non-hydrogen) atoms. The monoisotopic (exact) mass is 555 g/mol. The first kappa shape index (κ1) is 21.0. The minimum atomic E-state index is 0. The van der Waals surface area contributed by atoms with Crippen molar-refractivity contribution in [2.24, 2.45) is 0 Å². The van der Waals surface area contributed by atoms with Gasteiger partial charge in [0, 0.05) is 13.4 Å². The molecule has 3 aromatic rings. The molecule has 0 spiro atoms. The third-order valence-electron chi connectivity index (χ3n) is 2.40. The van der Waals surface area contributed by atoms with E-state index < -0.39 is 0 Å². The predicted octanol–water partition coefficient (Wildman–Crippen LogP) is 4.11. The van der Waals surface area contributed by atoms with Gasteiger partial charge in [0.05, 0.1) is 18.6 Å². The van der Waals surface area contributed by atoms with Crippen LogP contribution in [-0.4, -0.2) is 29.3 Å². The van der Waals surface area contributed by atoms with Crippen molar-refractivity contribution >= 4 is 47.8 Å². The fraction of sp³-hybridized carbons (Fsp3) is 0. The van der Waals surface area contributed by atoms with Gasteiger partial charge in [-0.3, -0.25) is 20.6 Å². The van der Waals surface area contributed by atoms with Crippen molar-refractivity contribution in [3.05, 3.63) is 82.2 Å². The van der Waals surface area contributed by atoms with Crippen molar-refractivity contribution < 1.29 is 17.1 Å². The Labute approximate surface area is 175 Å². The summed E-state index contributed by atoms with van der Waals surface area (Å²) in [6.07, 6.45) is 14.2. The SMILES string of the molecule is Brc1cnn([C-](n2cc(Br)cn2)n2cc(Br)cn2)c1.[CH-]=CC=C.[Mn+2]. The smallest absolute Gasteiger partial charge is 0.293 e. The molecular formula is C14H11Br3MnN6. The average molecular weight is 558 g/mol. The van der Waals surface area contributed by atoms with Crippen LogP contribution in [0.4, 0.5) is 0 Å². The van der Waals surface area contributed by atoms with Crippen LogP contribution in [0.3, 0.4) is 0 Å². The van der Waals surface area contributed by atoms with Crippen molar-refractivity contribution in [2.45, 2.75) is 0 Å². The number of rotatable bonds is 4. The zero-order valence-corrected chi connectivity index (χ0v) is 18.0. The molecule has 0 N–H and O–H groups in total. The van der Waals surface area contributed by atoms with E-state index in [2.05, 4.69) is 69.7 Å². The standard InChI is InChI=1S/C10H6Br3N6.C4H5.Mn/c11-7-1-14-17(4-7)10(18-5-8(12)2-15-18)19-6-9(13)3-16-19;1-3-4-2;/h1-6H;1,3-4H,2H2;/q2*-1;+2. The summed E-state index contributed by atoms with van der Waals surface area (Å²) in [6, 6.07) is 0. The number of hydrogen-bond acceptors (Lipinski definition) is 3. The van der Waals surface area contributed by atoms with E-state index in [-0.39, 0.29) is 17.1 Å². The number of hydrogen-bond donors (Lipinski definition) is 0. The minimum Gasteiger partial charge on any atom is -0.293 e. The van der Waals surface area contributed by atoms with Crippen LogP contribution in [0.1, 0.15) is 0 Å². The Morgan fingerprint density at radius 3 is 1.33 bits per heavy atom. The summed E-state index contributed by atoms with van der Waals surface area (Å²) in [7, 11) is 0. The molecule has 0 aromatic carbocycles. The molecule has 0 aliphatic rings. The Kier molecular flexibility index (Phi) is 8.79. The van der Waals surface area contributed by atoms with Crippen LogP contribution in [0.2, 0.25) is 0 Å². The Hall–Kier alpha value is -1.06. The maximum Gasteiger partial charge on any atom is 2.00 e. The fourth-order valence-corrected chi connectivity index (χ4v) is 2.40. The Balaban J connectivity index is 0.000000522. The molecule has 125 valence electrons. The van der Waals surface area contributed by atoms with Gasteiger partial charge >= 0.3 is 17.1 Å². The van der Waals surface area contributed by atoms with Gasteiger partial charge < -0.3 is 0 Å². The molecule has 0 bridgehead atoms. The summed E-state index contributed by atoms with van der Waals surface area (Å²) < 4.78 is 7.68. The Morgan fingerprint density at radius 2 is 1.17 bits per heavy atom. The normalized spacial score (nSPS) is 9.46. The molecular weight excluding hydrogens is 547 g/mol. The number of aromatic nitrogens is 6. The van der Waals surface area contributed by atoms with Gasteiger partial charge in [-0.05, 0) is 18.6 Å².